The summed E-state index contributed by atoms with van der Waals surface area (Å²) in [6, 6.07) is 0. The molecule has 7 nitrogen and oxygen atoms in total. The van der Waals surface area contributed by atoms with Crippen LogP contribution in [0.4, 0.5) is 39.5 Å². The van der Waals surface area contributed by atoms with Gasteiger partial charge in [0.05, 0.1) is 0 Å². The fourth-order valence-corrected chi connectivity index (χ4v) is 2.37. The lowest BCUT2D eigenvalue weighted by Gasteiger charge is -2.36. The maximum Gasteiger partial charge on any atom is 0.491 e. The van der Waals surface area contributed by atoms with Crippen LogP contribution in [0.1, 0.15) is 51.9 Å². The zero-order valence-corrected chi connectivity index (χ0v) is 17.3. The number of alkyl halides is 9. The average molecular weight is 508 g/mol. The fourth-order valence-electron chi connectivity index (χ4n) is 2.37. The first-order chi connectivity index (χ1) is 14.9. The number of unbranched alkanes of at least 4 members (excludes halogenated alkanes) is 5. The van der Waals surface area contributed by atoms with Crippen molar-refractivity contribution in [2.45, 2.75) is 82.5 Å². The highest BCUT2D eigenvalue weighted by molar-refractivity contribution is 5.80. The van der Waals surface area contributed by atoms with Crippen molar-refractivity contribution >= 4 is 17.9 Å². The second kappa shape index (κ2) is 12.3. The zero-order chi connectivity index (χ0) is 26.1. The third kappa shape index (κ3) is 10.5. The number of carbonyl (C=O) groups excluding carboxylic acids is 3. The molecule has 0 aliphatic heterocycles. The Morgan fingerprint density at radius 1 is 0.636 bits per heavy atom. The SMILES string of the molecule is CCCCCCCCC(OC)C(OC(=O)C(F)(F)F)(OC(=O)C(F)(F)F)OC(=O)C(F)(F)F. The Morgan fingerprint density at radius 3 is 1.27 bits per heavy atom. The summed E-state index contributed by atoms with van der Waals surface area (Å²) in [6.07, 6.45) is -18.2. The van der Waals surface area contributed by atoms with E-state index in [1.54, 1.807) is 0 Å². The van der Waals surface area contributed by atoms with Gasteiger partial charge in [0.1, 0.15) is 0 Å². The summed E-state index contributed by atoms with van der Waals surface area (Å²) < 4.78 is 129. The van der Waals surface area contributed by atoms with E-state index in [0.717, 1.165) is 12.8 Å². The molecular weight excluding hydrogens is 487 g/mol. The number of rotatable bonds is 12. The van der Waals surface area contributed by atoms with Gasteiger partial charge in [-0.05, 0) is 6.42 Å². The Balaban J connectivity index is 6.20. The van der Waals surface area contributed by atoms with E-state index in [2.05, 4.69) is 18.9 Å². The number of esters is 3. The number of carbonyl (C=O) groups is 3. The first kappa shape index (κ1) is 30.7. The van der Waals surface area contributed by atoms with E-state index in [9.17, 15) is 53.9 Å². The molecule has 0 N–H and O–H groups in total. The molecule has 0 radical (unpaired) electrons. The maximum atomic E-state index is 12.7. The summed E-state index contributed by atoms with van der Waals surface area (Å²) in [5, 5.41) is 0. The molecule has 0 fully saturated rings. The average Bonchev–Trinajstić information content (AvgIpc) is 2.64. The topological polar surface area (TPSA) is 88.1 Å². The van der Waals surface area contributed by atoms with Crippen LogP contribution in [0, 0.1) is 0 Å². The standard InChI is InChI=1S/C17H21F9O7/c1-3-4-5-6-7-8-9-10(30-2)17(31-11(27)14(18,19)20,32-12(28)15(21,22)23)33-13(29)16(24,25)26/h10H,3-9H2,1-2H3. The van der Waals surface area contributed by atoms with E-state index in [1.165, 1.54) is 0 Å². The van der Waals surface area contributed by atoms with Crippen molar-refractivity contribution in [3.05, 3.63) is 0 Å². The van der Waals surface area contributed by atoms with Gasteiger partial charge in [-0.25, -0.2) is 14.4 Å². The number of halogens is 9. The van der Waals surface area contributed by atoms with Gasteiger partial charge in [0, 0.05) is 7.11 Å². The third-order valence-electron chi connectivity index (χ3n) is 3.90. The minimum absolute atomic E-state index is 0.110. The molecule has 0 amide bonds. The normalized spacial score (nSPS) is 13.9. The highest BCUT2D eigenvalue weighted by atomic mass is 19.4. The summed E-state index contributed by atoms with van der Waals surface area (Å²) in [5.74, 6) is -14.7. The van der Waals surface area contributed by atoms with E-state index >= 15 is 0 Å². The van der Waals surface area contributed by atoms with Gasteiger partial charge in [-0.2, -0.15) is 39.5 Å². The van der Waals surface area contributed by atoms with Crippen LogP contribution in [0.5, 0.6) is 0 Å². The first-order valence-corrected chi connectivity index (χ1v) is 9.34. The summed E-state index contributed by atoms with van der Waals surface area (Å²) in [5.41, 5.74) is 0. The smallest absolute Gasteiger partial charge is 0.379 e. The molecular formula is C17H21F9O7. The van der Waals surface area contributed by atoms with Gasteiger partial charge < -0.3 is 18.9 Å². The van der Waals surface area contributed by atoms with E-state index in [-0.39, 0.29) is 12.8 Å². The van der Waals surface area contributed by atoms with Gasteiger partial charge in [0.25, 0.3) is 0 Å². The summed E-state index contributed by atoms with van der Waals surface area (Å²) >= 11 is 0. The van der Waals surface area contributed by atoms with Gasteiger partial charge in [-0.1, -0.05) is 45.4 Å². The Kier molecular flexibility index (Phi) is 11.4. The Hall–Kier alpha value is -2.26. The molecule has 0 aromatic carbocycles. The summed E-state index contributed by atoms with van der Waals surface area (Å²) in [6.45, 7) is 1.88. The van der Waals surface area contributed by atoms with Crippen LogP contribution in [0.3, 0.4) is 0 Å². The second-order valence-electron chi connectivity index (χ2n) is 6.55. The number of hydrogen-bond acceptors (Lipinski definition) is 7. The molecule has 0 aliphatic rings. The van der Waals surface area contributed by atoms with Crippen molar-refractivity contribution in [1.29, 1.82) is 0 Å². The molecule has 0 aromatic heterocycles. The zero-order valence-electron chi connectivity index (χ0n) is 17.3. The molecule has 0 saturated carbocycles. The number of hydrogen-bond donors (Lipinski definition) is 0. The summed E-state index contributed by atoms with van der Waals surface area (Å²) in [4.78, 5) is 33.8. The third-order valence-corrected chi connectivity index (χ3v) is 3.90. The lowest BCUT2D eigenvalue weighted by molar-refractivity contribution is -0.387. The lowest BCUT2D eigenvalue weighted by Crippen LogP contribution is -2.58. The van der Waals surface area contributed by atoms with E-state index in [4.69, 9.17) is 0 Å². The highest BCUT2D eigenvalue weighted by Crippen LogP contribution is 2.35. The van der Waals surface area contributed by atoms with Crippen molar-refractivity contribution in [1.82, 2.24) is 0 Å². The van der Waals surface area contributed by atoms with E-state index in [1.807, 2.05) is 6.92 Å². The largest absolute Gasteiger partial charge is 0.491 e. The van der Waals surface area contributed by atoms with Gasteiger partial charge >= 0.3 is 42.4 Å². The van der Waals surface area contributed by atoms with Crippen molar-refractivity contribution in [3.8, 4) is 0 Å². The van der Waals surface area contributed by atoms with Crippen LogP contribution >= 0.6 is 0 Å². The number of ether oxygens (including phenoxy) is 4. The predicted octanol–water partition coefficient (Wildman–Crippen LogP) is 4.72. The molecule has 0 aliphatic carbocycles. The molecule has 0 spiro atoms. The van der Waals surface area contributed by atoms with E-state index < -0.39 is 54.9 Å². The van der Waals surface area contributed by atoms with Crippen LogP contribution in [-0.4, -0.2) is 55.6 Å². The molecule has 16 heteroatoms. The van der Waals surface area contributed by atoms with Crippen LogP contribution in [-0.2, 0) is 33.3 Å². The van der Waals surface area contributed by atoms with Crippen molar-refractivity contribution < 1.29 is 72.8 Å². The first-order valence-electron chi connectivity index (χ1n) is 9.34. The Bertz CT molecular complexity index is 587. The van der Waals surface area contributed by atoms with Crippen LogP contribution in [0.15, 0.2) is 0 Å². The summed E-state index contributed by atoms with van der Waals surface area (Å²) in [7, 11) is 0.584. The van der Waals surface area contributed by atoms with E-state index in [0.29, 0.717) is 20.0 Å². The minimum Gasteiger partial charge on any atom is -0.379 e. The fraction of sp³-hybridized carbons (Fsp3) is 0.824. The lowest BCUT2D eigenvalue weighted by atomic mass is 10.1. The molecule has 33 heavy (non-hydrogen) atoms. The Labute approximate surface area is 181 Å². The molecule has 0 heterocycles. The Morgan fingerprint density at radius 2 is 0.970 bits per heavy atom. The van der Waals surface area contributed by atoms with Gasteiger partial charge in [0.15, 0.2) is 6.10 Å². The maximum absolute atomic E-state index is 12.7. The molecule has 0 bridgehead atoms. The molecule has 0 saturated heterocycles. The molecule has 1 atom stereocenters. The molecule has 0 aromatic rings. The van der Waals surface area contributed by atoms with Crippen LogP contribution in [0.2, 0.25) is 0 Å². The minimum atomic E-state index is -5.99. The predicted molar refractivity (Wildman–Crippen MR) is 88.0 cm³/mol. The number of methoxy groups -OCH3 is 1. The molecule has 1 unspecified atom stereocenters. The second-order valence-corrected chi connectivity index (χ2v) is 6.55. The van der Waals surface area contributed by atoms with Gasteiger partial charge in [0.2, 0.25) is 0 Å². The molecule has 0 rings (SSSR count). The van der Waals surface area contributed by atoms with Gasteiger partial charge in [-0.15, -0.1) is 0 Å². The van der Waals surface area contributed by atoms with Crippen molar-refractivity contribution in [3.63, 3.8) is 0 Å². The van der Waals surface area contributed by atoms with Crippen molar-refractivity contribution in [2.24, 2.45) is 0 Å². The van der Waals surface area contributed by atoms with Crippen LogP contribution in [0.25, 0.3) is 0 Å². The van der Waals surface area contributed by atoms with Crippen molar-refractivity contribution in [2.75, 3.05) is 7.11 Å². The quantitative estimate of drug-likeness (QED) is 0.163. The van der Waals surface area contributed by atoms with Gasteiger partial charge in [-0.3, -0.25) is 0 Å². The monoisotopic (exact) mass is 508 g/mol. The molecule has 194 valence electrons. The highest BCUT2D eigenvalue weighted by Gasteiger charge is 2.61. The van der Waals surface area contributed by atoms with Crippen LogP contribution < -0.4 is 0 Å².